The molecule has 4 atom stereocenters. The minimum atomic E-state index is -1.08. The van der Waals surface area contributed by atoms with Crippen LogP contribution in [0, 0.1) is 27.8 Å². The molecule has 3 aliphatic rings. The number of nitro groups is 1. The van der Waals surface area contributed by atoms with Gasteiger partial charge in [0.1, 0.15) is 11.9 Å². The molecule has 1 N–H and O–H groups in total. The Morgan fingerprint density at radius 3 is 2.24 bits per heavy atom. The van der Waals surface area contributed by atoms with Gasteiger partial charge in [-0.15, -0.1) is 0 Å². The minimum absolute atomic E-state index is 0.133. The van der Waals surface area contributed by atoms with Gasteiger partial charge in [0, 0.05) is 23.5 Å². The number of carbonyl (C=O) groups is 3. The Bertz CT molecular complexity index is 1500. The number of nitro benzene ring substituents is 1. The molecule has 0 radical (unpaired) electrons. The molecule has 9 nitrogen and oxygen atoms in total. The quantitative estimate of drug-likeness (QED) is 0.333. The third-order valence-corrected chi connectivity index (χ3v) is 7.12. The summed E-state index contributed by atoms with van der Waals surface area (Å²) in [6.45, 7) is 0. The van der Waals surface area contributed by atoms with Crippen LogP contribution in [0.2, 0.25) is 0 Å². The lowest BCUT2D eigenvalue weighted by Crippen LogP contribution is -2.50. The van der Waals surface area contributed by atoms with Crippen LogP contribution in [0.3, 0.4) is 0 Å². The number of rotatable bonds is 4. The number of anilines is 3. The van der Waals surface area contributed by atoms with Crippen LogP contribution in [0.1, 0.15) is 5.56 Å². The van der Waals surface area contributed by atoms with Crippen LogP contribution in [0.4, 0.5) is 27.1 Å². The van der Waals surface area contributed by atoms with Crippen LogP contribution in [-0.2, 0) is 14.4 Å². The largest absolute Gasteiger partial charge is 0.351 e. The summed E-state index contributed by atoms with van der Waals surface area (Å²) in [5, 5.41) is 13.7. The van der Waals surface area contributed by atoms with Crippen molar-refractivity contribution in [1.29, 1.82) is 0 Å². The maximum Gasteiger partial charge on any atom is 0.269 e. The predicted molar refractivity (Wildman–Crippen MR) is 133 cm³/mol. The zero-order valence-corrected chi connectivity index (χ0v) is 19.2. The number of hydrogen-bond acceptors (Lipinski definition) is 6. The number of para-hydroxylation sites is 2. The maximum atomic E-state index is 14.6. The molecule has 0 bridgehead atoms. The van der Waals surface area contributed by atoms with Crippen molar-refractivity contribution in [3.63, 3.8) is 0 Å². The Labute approximate surface area is 209 Å². The van der Waals surface area contributed by atoms with Crippen molar-refractivity contribution >= 4 is 46.5 Å². The Kier molecular flexibility index (Phi) is 5.11. The molecule has 2 saturated heterocycles. The Morgan fingerprint density at radius 1 is 0.892 bits per heavy atom. The summed E-state index contributed by atoms with van der Waals surface area (Å²) in [5.74, 6) is -4.44. The molecular formula is C27H19FN4O5. The highest BCUT2D eigenvalue weighted by Gasteiger charge is 2.64. The summed E-state index contributed by atoms with van der Waals surface area (Å²) >= 11 is 0. The molecule has 4 unspecified atom stereocenters. The second-order valence-electron chi connectivity index (χ2n) is 9.07. The number of amides is 3. The molecule has 184 valence electrons. The first-order chi connectivity index (χ1) is 17.9. The van der Waals surface area contributed by atoms with Crippen molar-refractivity contribution in [3.8, 4) is 0 Å². The van der Waals surface area contributed by atoms with Gasteiger partial charge in [0.05, 0.1) is 28.5 Å². The van der Waals surface area contributed by atoms with E-state index in [9.17, 15) is 28.9 Å². The van der Waals surface area contributed by atoms with Crippen molar-refractivity contribution in [3.05, 3.63) is 100 Å². The van der Waals surface area contributed by atoms with E-state index in [4.69, 9.17) is 0 Å². The zero-order valence-electron chi connectivity index (χ0n) is 19.2. The fraction of sp³-hybridized carbons (Fsp3) is 0.148. The number of benzene rings is 3. The summed E-state index contributed by atoms with van der Waals surface area (Å²) in [5.41, 5.74) is 1.56. The molecule has 37 heavy (non-hydrogen) atoms. The van der Waals surface area contributed by atoms with Gasteiger partial charge in [0.25, 0.3) is 5.69 Å². The summed E-state index contributed by atoms with van der Waals surface area (Å²) in [7, 11) is 0. The number of halogens is 1. The summed E-state index contributed by atoms with van der Waals surface area (Å²) < 4.78 is 14.6. The third kappa shape index (κ3) is 3.40. The first kappa shape index (κ1) is 22.6. The summed E-state index contributed by atoms with van der Waals surface area (Å²) in [6, 6.07) is 16.5. The van der Waals surface area contributed by atoms with Gasteiger partial charge in [0.2, 0.25) is 17.7 Å². The molecular weight excluding hydrogens is 479 g/mol. The average molecular weight is 498 g/mol. The molecule has 3 aliphatic heterocycles. The lowest BCUT2D eigenvalue weighted by molar-refractivity contribution is -0.384. The van der Waals surface area contributed by atoms with E-state index >= 15 is 0 Å². The van der Waals surface area contributed by atoms with E-state index in [2.05, 4.69) is 5.32 Å². The van der Waals surface area contributed by atoms with E-state index in [0.29, 0.717) is 11.4 Å². The van der Waals surface area contributed by atoms with Crippen molar-refractivity contribution in [1.82, 2.24) is 0 Å². The van der Waals surface area contributed by atoms with Crippen molar-refractivity contribution < 1.29 is 23.7 Å². The fourth-order valence-corrected chi connectivity index (χ4v) is 5.57. The molecule has 3 heterocycles. The highest BCUT2D eigenvalue weighted by molar-refractivity contribution is 6.25. The van der Waals surface area contributed by atoms with Crippen LogP contribution < -0.4 is 15.1 Å². The van der Waals surface area contributed by atoms with Gasteiger partial charge in [-0.05, 0) is 35.9 Å². The monoisotopic (exact) mass is 498 g/mol. The molecule has 3 amide bonds. The molecule has 0 spiro atoms. The van der Waals surface area contributed by atoms with Gasteiger partial charge >= 0.3 is 0 Å². The molecule has 0 saturated carbocycles. The molecule has 0 aromatic heterocycles. The van der Waals surface area contributed by atoms with Gasteiger partial charge < -0.3 is 10.2 Å². The first-order valence-corrected chi connectivity index (χ1v) is 11.6. The number of fused-ring (bicyclic) bond motifs is 5. The van der Waals surface area contributed by atoms with E-state index in [-0.39, 0.29) is 11.4 Å². The lowest BCUT2D eigenvalue weighted by Gasteiger charge is -2.36. The molecule has 2 fully saturated rings. The fourth-order valence-electron chi connectivity index (χ4n) is 5.57. The number of non-ortho nitro benzene ring substituents is 1. The first-order valence-electron chi connectivity index (χ1n) is 11.6. The average Bonchev–Trinajstić information content (AvgIpc) is 3.37. The number of imide groups is 1. The molecule has 0 aliphatic carbocycles. The van der Waals surface area contributed by atoms with Crippen molar-refractivity contribution in [2.45, 2.75) is 12.1 Å². The SMILES string of the molecule is O=C(Nc1ccc([N+](=O)[O-])cc1)C1C2C(=O)N(c3ccccc3F)C(=O)C2C2C=Cc3ccccc3N21. The smallest absolute Gasteiger partial charge is 0.269 e. The van der Waals surface area contributed by atoms with Gasteiger partial charge in [-0.3, -0.25) is 24.5 Å². The van der Waals surface area contributed by atoms with Crippen LogP contribution >= 0.6 is 0 Å². The molecule has 6 rings (SSSR count). The van der Waals surface area contributed by atoms with E-state index in [1.807, 2.05) is 30.3 Å². The number of nitrogens with zero attached hydrogens (tertiary/aromatic N) is 3. The van der Waals surface area contributed by atoms with Gasteiger partial charge in [-0.25, -0.2) is 9.29 Å². The Balaban J connectivity index is 1.42. The van der Waals surface area contributed by atoms with E-state index < -0.39 is 52.4 Å². The van der Waals surface area contributed by atoms with E-state index in [0.717, 1.165) is 10.5 Å². The predicted octanol–water partition coefficient (Wildman–Crippen LogP) is 3.76. The van der Waals surface area contributed by atoms with E-state index in [1.54, 1.807) is 11.0 Å². The van der Waals surface area contributed by atoms with E-state index in [1.165, 1.54) is 48.5 Å². The number of hydrogen-bond donors (Lipinski definition) is 1. The second kappa shape index (κ2) is 8.37. The highest BCUT2D eigenvalue weighted by atomic mass is 19.1. The molecule has 10 heteroatoms. The maximum absolute atomic E-state index is 14.6. The zero-order chi connectivity index (χ0) is 25.8. The summed E-state index contributed by atoms with van der Waals surface area (Å²) in [4.78, 5) is 54.2. The van der Waals surface area contributed by atoms with Crippen molar-refractivity contribution in [2.24, 2.45) is 11.8 Å². The topological polar surface area (TPSA) is 113 Å². The van der Waals surface area contributed by atoms with Crippen LogP contribution in [-0.4, -0.2) is 34.7 Å². The number of carbonyl (C=O) groups excluding carboxylic acids is 3. The second-order valence-corrected chi connectivity index (χ2v) is 9.07. The highest BCUT2D eigenvalue weighted by Crippen LogP contribution is 2.49. The van der Waals surface area contributed by atoms with Crippen LogP contribution in [0.25, 0.3) is 6.08 Å². The lowest BCUT2D eigenvalue weighted by atomic mass is 9.88. The van der Waals surface area contributed by atoms with Crippen LogP contribution in [0.15, 0.2) is 78.9 Å². The minimum Gasteiger partial charge on any atom is -0.351 e. The third-order valence-electron chi connectivity index (χ3n) is 7.12. The normalized spacial score (nSPS) is 23.5. The molecule has 3 aromatic rings. The molecule has 3 aromatic carbocycles. The van der Waals surface area contributed by atoms with Gasteiger partial charge in [0.15, 0.2) is 0 Å². The Hall–Kier alpha value is -4.86. The standard InChI is InChI=1S/C27H19FN4O5/c28-18-6-2-4-8-20(18)31-26(34)22-21-14-9-15-5-1-3-7-19(15)30(21)24(23(22)27(31)35)25(33)29-16-10-12-17(13-11-16)32(36)37/h1-14,21-24H,(H,29,33). The Morgan fingerprint density at radius 2 is 1.54 bits per heavy atom. The number of nitrogens with one attached hydrogen (secondary N) is 1. The van der Waals surface area contributed by atoms with Gasteiger partial charge in [-0.1, -0.05) is 42.5 Å². The van der Waals surface area contributed by atoms with Crippen LogP contribution in [0.5, 0.6) is 0 Å². The summed E-state index contributed by atoms with van der Waals surface area (Å²) in [6.07, 6.45) is 3.66. The van der Waals surface area contributed by atoms with Crippen molar-refractivity contribution in [2.75, 3.05) is 15.1 Å². The van der Waals surface area contributed by atoms with Gasteiger partial charge in [-0.2, -0.15) is 0 Å².